The molecule has 0 heterocycles. The first-order chi connectivity index (χ1) is 23.1. The molecule has 0 radical (unpaired) electrons. The van der Waals surface area contributed by atoms with Crippen LogP contribution >= 0.6 is 0 Å². The molecule has 7 heteroatoms. The molecule has 0 saturated heterocycles. The fourth-order valence-corrected chi connectivity index (χ4v) is 6.48. The fourth-order valence-electron chi connectivity index (χ4n) is 6.48. The number of carboxylic acids is 2. The Kier molecular flexibility index (Phi) is 31.9. The van der Waals surface area contributed by atoms with Crippen LogP contribution in [0.4, 0.5) is 0 Å². The van der Waals surface area contributed by atoms with Crippen molar-refractivity contribution in [1.29, 1.82) is 0 Å². The van der Waals surface area contributed by atoms with Gasteiger partial charge in [-0.25, -0.2) is 0 Å². The van der Waals surface area contributed by atoms with Gasteiger partial charge in [-0.3, -0.25) is 14.4 Å². The first kappa shape index (κ1) is 45.9. The Balaban J connectivity index is 4.27. The first-order valence-electron chi connectivity index (χ1n) is 19.7. The van der Waals surface area contributed by atoms with Crippen molar-refractivity contribution in [3.8, 4) is 0 Å². The van der Waals surface area contributed by atoms with Gasteiger partial charge >= 0.3 is 17.9 Å². The van der Waals surface area contributed by atoms with E-state index in [1.165, 1.54) is 64.2 Å². The van der Waals surface area contributed by atoms with Gasteiger partial charge in [0.15, 0.2) is 0 Å². The molecule has 2 unspecified atom stereocenters. The van der Waals surface area contributed by atoms with Crippen LogP contribution in [-0.4, -0.2) is 59.8 Å². The molecule has 0 aliphatic heterocycles. The van der Waals surface area contributed by atoms with Gasteiger partial charge in [0.05, 0.1) is 0 Å². The third kappa shape index (κ3) is 35.2. The van der Waals surface area contributed by atoms with Crippen molar-refractivity contribution >= 4 is 17.9 Å². The van der Waals surface area contributed by atoms with E-state index in [4.69, 9.17) is 14.9 Å². The highest BCUT2D eigenvalue weighted by Gasteiger charge is 2.18. The molecule has 48 heavy (non-hydrogen) atoms. The second kappa shape index (κ2) is 33.4. The van der Waals surface area contributed by atoms with Gasteiger partial charge in [0.1, 0.15) is 6.10 Å². The van der Waals surface area contributed by atoms with Gasteiger partial charge in [-0.15, -0.1) is 0 Å². The third-order valence-corrected chi connectivity index (χ3v) is 8.94. The maximum Gasteiger partial charge on any atom is 0.306 e. The van der Waals surface area contributed by atoms with Crippen LogP contribution in [0.15, 0.2) is 24.3 Å². The first-order valence-corrected chi connectivity index (χ1v) is 19.7. The summed E-state index contributed by atoms with van der Waals surface area (Å²) in [6.07, 6.45) is 35.1. The Morgan fingerprint density at radius 1 is 0.562 bits per heavy atom. The second-order valence-corrected chi connectivity index (χ2v) is 14.6. The molecule has 0 bridgehead atoms. The molecule has 0 amide bonds. The standard InChI is InChI=1S/C41H75NO6/c1-36(33-37(2)35-42(3)4)34-41(47)48-38(29-25-21-17-13-9-5-7-11-15-19-23-27-31-39(43)44)30-26-22-18-14-10-6-8-12-16-20-24-28-32-40(45)46/h11-12,15-16,36-38H,5-10,13-14,17-35H2,1-4H3,(H,43,44)(H,45,46)/b15-11-,16-12-. The Morgan fingerprint density at radius 2 is 0.938 bits per heavy atom. The number of carbonyl (C=O) groups is 3. The summed E-state index contributed by atoms with van der Waals surface area (Å²) in [6.45, 7) is 5.49. The number of allylic oxidation sites excluding steroid dienone is 4. The number of hydrogen-bond acceptors (Lipinski definition) is 5. The largest absolute Gasteiger partial charge is 0.481 e. The van der Waals surface area contributed by atoms with Gasteiger partial charge in [0, 0.05) is 25.8 Å². The van der Waals surface area contributed by atoms with Crippen LogP contribution in [0.1, 0.15) is 181 Å². The number of nitrogens with zero attached hydrogens (tertiary/aromatic N) is 1. The molecular weight excluding hydrogens is 602 g/mol. The van der Waals surface area contributed by atoms with E-state index in [1.54, 1.807) is 0 Å². The minimum absolute atomic E-state index is 0.0190. The van der Waals surface area contributed by atoms with E-state index in [9.17, 15) is 14.4 Å². The van der Waals surface area contributed by atoms with E-state index in [-0.39, 0.29) is 24.9 Å². The van der Waals surface area contributed by atoms with E-state index in [0.717, 1.165) is 90.0 Å². The van der Waals surface area contributed by atoms with Crippen molar-refractivity contribution in [2.75, 3.05) is 20.6 Å². The van der Waals surface area contributed by atoms with Gasteiger partial charge in [-0.1, -0.05) is 89.5 Å². The summed E-state index contributed by atoms with van der Waals surface area (Å²) in [4.78, 5) is 36.2. The Morgan fingerprint density at radius 3 is 1.33 bits per heavy atom. The molecule has 0 aliphatic rings. The van der Waals surface area contributed by atoms with Crippen LogP contribution in [0, 0.1) is 11.8 Å². The van der Waals surface area contributed by atoms with Crippen molar-refractivity contribution in [2.24, 2.45) is 11.8 Å². The van der Waals surface area contributed by atoms with Crippen molar-refractivity contribution in [3.63, 3.8) is 0 Å². The molecule has 0 aromatic heterocycles. The molecule has 2 atom stereocenters. The van der Waals surface area contributed by atoms with Crippen LogP contribution in [0.3, 0.4) is 0 Å². The van der Waals surface area contributed by atoms with Gasteiger partial charge in [-0.05, 0) is 122 Å². The number of esters is 1. The Hall–Kier alpha value is -2.15. The van der Waals surface area contributed by atoms with E-state index in [1.807, 2.05) is 0 Å². The zero-order valence-corrected chi connectivity index (χ0v) is 31.6. The summed E-state index contributed by atoms with van der Waals surface area (Å²) in [5.74, 6) is -0.521. The summed E-state index contributed by atoms with van der Waals surface area (Å²) in [5, 5.41) is 17.4. The van der Waals surface area contributed by atoms with Crippen molar-refractivity contribution in [1.82, 2.24) is 4.90 Å². The zero-order valence-electron chi connectivity index (χ0n) is 31.6. The lowest BCUT2D eigenvalue weighted by Gasteiger charge is -2.22. The molecule has 0 saturated carbocycles. The number of carbonyl (C=O) groups excluding carboxylic acids is 1. The molecule has 0 fully saturated rings. The van der Waals surface area contributed by atoms with E-state index >= 15 is 0 Å². The van der Waals surface area contributed by atoms with Crippen molar-refractivity contribution in [3.05, 3.63) is 24.3 Å². The highest BCUT2D eigenvalue weighted by Crippen LogP contribution is 2.21. The molecule has 0 aromatic carbocycles. The Bertz CT molecular complexity index is 791. The maximum absolute atomic E-state index is 12.9. The molecule has 0 aromatic rings. The quantitative estimate of drug-likeness (QED) is 0.0391. The van der Waals surface area contributed by atoms with Crippen LogP contribution in [-0.2, 0) is 19.1 Å². The number of unbranched alkanes of at least 4 members (excludes halogenated alkanes) is 16. The van der Waals surface area contributed by atoms with Gasteiger partial charge < -0.3 is 19.8 Å². The third-order valence-electron chi connectivity index (χ3n) is 8.94. The van der Waals surface area contributed by atoms with Gasteiger partial charge in [0.25, 0.3) is 0 Å². The smallest absolute Gasteiger partial charge is 0.306 e. The number of rotatable bonds is 35. The second-order valence-electron chi connectivity index (χ2n) is 14.6. The predicted molar refractivity (Wildman–Crippen MR) is 200 cm³/mol. The topological polar surface area (TPSA) is 104 Å². The minimum atomic E-state index is -0.704. The highest BCUT2D eigenvalue weighted by molar-refractivity contribution is 5.69. The molecule has 0 rings (SSSR count). The number of ether oxygens (including phenoxy) is 1. The molecule has 2 N–H and O–H groups in total. The molecule has 0 spiro atoms. The molecule has 0 aliphatic carbocycles. The summed E-state index contributed by atoms with van der Waals surface area (Å²) in [7, 11) is 4.20. The summed E-state index contributed by atoms with van der Waals surface area (Å²) in [6, 6.07) is 0. The number of aliphatic carboxylic acids is 2. The fraction of sp³-hybridized carbons (Fsp3) is 0.829. The van der Waals surface area contributed by atoms with Gasteiger partial charge in [0.2, 0.25) is 0 Å². The summed E-state index contributed by atoms with van der Waals surface area (Å²) in [5.41, 5.74) is 0. The summed E-state index contributed by atoms with van der Waals surface area (Å²) < 4.78 is 6.10. The zero-order chi connectivity index (χ0) is 35.7. The lowest BCUT2D eigenvalue weighted by Crippen LogP contribution is -2.23. The number of hydrogen-bond donors (Lipinski definition) is 2. The average molecular weight is 678 g/mol. The van der Waals surface area contributed by atoms with Gasteiger partial charge in [-0.2, -0.15) is 0 Å². The van der Waals surface area contributed by atoms with Crippen molar-refractivity contribution in [2.45, 2.75) is 187 Å². The van der Waals surface area contributed by atoms with Crippen LogP contribution in [0.25, 0.3) is 0 Å². The number of carboxylic acid groups (broad SMARTS) is 2. The molecule has 280 valence electrons. The maximum atomic E-state index is 12.9. The van der Waals surface area contributed by atoms with E-state index < -0.39 is 11.9 Å². The van der Waals surface area contributed by atoms with Crippen LogP contribution < -0.4 is 0 Å². The average Bonchev–Trinajstić information content (AvgIpc) is 3.00. The normalized spacial score (nSPS) is 13.2. The molecule has 7 nitrogen and oxygen atoms in total. The lowest BCUT2D eigenvalue weighted by atomic mass is 9.94. The summed E-state index contributed by atoms with van der Waals surface area (Å²) >= 11 is 0. The minimum Gasteiger partial charge on any atom is -0.481 e. The highest BCUT2D eigenvalue weighted by atomic mass is 16.5. The molecular formula is C41H75NO6. The van der Waals surface area contributed by atoms with Crippen LogP contribution in [0.5, 0.6) is 0 Å². The monoisotopic (exact) mass is 678 g/mol. The van der Waals surface area contributed by atoms with E-state index in [2.05, 4.69) is 57.1 Å². The lowest BCUT2D eigenvalue weighted by molar-refractivity contribution is -0.151. The van der Waals surface area contributed by atoms with Crippen molar-refractivity contribution < 1.29 is 29.3 Å². The van der Waals surface area contributed by atoms with Crippen LogP contribution in [0.2, 0.25) is 0 Å². The Labute approximate surface area is 295 Å². The van der Waals surface area contributed by atoms with E-state index in [0.29, 0.717) is 18.3 Å². The SMILES string of the molecule is CC(CC(=O)OC(CCCCCCCC/C=C\CCCCC(=O)O)CCCCCCCC/C=C\CCCCC(=O)O)CC(C)CN(C)C. The predicted octanol–water partition coefficient (Wildman–Crippen LogP) is 11.2.